The summed E-state index contributed by atoms with van der Waals surface area (Å²) in [6.45, 7) is 3.61. The van der Waals surface area contributed by atoms with Gasteiger partial charge in [-0.3, -0.25) is 9.69 Å². The van der Waals surface area contributed by atoms with Crippen molar-refractivity contribution in [3.63, 3.8) is 0 Å². The van der Waals surface area contributed by atoms with Gasteiger partial charge in [0.25, 0.3) is 0 Å². The van der Waals surface area contributed by atoms with Crippen LogP contribution >= 0.6 is 0 Å². The summed E-state index contributed by atoms with van der Waals surface area (Å²) in [6, 6.07) is 6.76. The Morgan fingerprint density at radius 3 is 2.76 bits per heavy atom. The Labute approximate surface area is 124 Å². The second-order valence-electron chi connectivity index (χ2n) is 6.03. The molecule has 1 aromatic carbocycles. The third kappa shape index (κ3) is 2.48. The Hall–Kier alpha value is -2.04. The van der Waals surface area contributed by atoms with E-state index in [4.69, 9.17) is 0 Å². The van der Waals surface area contributed by atoms with Gasteiger partial charge in [-0.25, -0.2) is 4.79 Å². The molecule has 0 unspecified atom stereocenters. The zero-order valence-electron chi connectivity index (χ0n) is 12.2. The first-order chi connectivity index (χ1) is 10.1. The topological polar surface area (TPSA) is 60.9 Å². The molecule has 2 aliphatic heterocycles. The fourth-order valence-electron chi connectivity index (χ4n) is 3.42. The number of hydrogen-bond donors (Lipinski definition) is 1. The molecule has 2 atom stereocenters. The molecule has 0 aliphatic carbocycles. The van der Waals surface area contributed by atoms with E-state index in [0.717, 1.165) is 31.5 Å². The number of nitrogens with zero attached hydrogens (tertiary/aromatic N) is 2. The fraction of sp³-hybridized carbons (Fsp3) is 0.500. The van der Waals surface area contributed by atoms with E-state index >= 15 is 0 Å². The lowest BCUT2D eigenvalue weighted by Crippen LogP contribution is -2.51. The van der Waals surface area contributed by atoms with E-state index in [1.54, 1.807) is 6.07 Å². The zero-order valence-corrected chi connectivity index (χ0v) is 12.2. The van der Waals surface area contributed by atoms with Gasteiger partial charge in [0.15, 0.2) is 0 Å². The van der Waals surface area contributed by atoms with Crippen LogP contribution < -0.4 is 4.90 Å². The number of likely N-dealkylation sites (tertiary alicyclic amines) is 1. The Bertz CT molecular complexity index is 572. The SMILES string of the molecule is C[C@H]1CCCN(C(=O)[C@@H]2Cc3ccccc3N2C(=O)O)C1. The third-order valence-electron chi connectivity index (χ3n) is 4.44. The number of piperidine rings is 1. The molecular weight excluding hydrogens is 268 g/mol. The molecular formula is C16H20N2O3. The van der Waals surface area contributed by atoms with Crippen molar-refractivity contribution in [1.82, 2.24) is 4.90 Å². The first-order valence-corrected chi connectivity index (χ1v) is 7.47. The Morgan fingerprint density at radius 1 is 1.29 bits per heavy atom. The number of carbonyl (C=O) groups excluding carboxylic acids is 1. The maximum absolute atomic E-state index is 12.8. The number of hydrogen-bond acceptors (Lipinski definition) is 2. The summed E-state index contributed by atoms with van der Waals surface area (Å²) in [5, 5.41) is 9.48. The standard InChI is InChI=1S/C16H20N2O3/c1-11-5-4-8-17(10-11)15(19)14-9-12-6-2-3-7-13(12)18(14)16(20)21/h2-3,6-7,11,14H,4-5,8-10H2,1H3,(H,20,21)/t11-,14-/m0/s1. The number of anilines is 1. The smallest absolute Gasteiger partial charge is 0.412 e. The second kappa shape index (κ2) is 5.39. The number of rotatable bonds is 1. The van der Waals surface area contributed by atoms with Crippen molar-refractivity contribution >= 4 is 17.7 Å². The summed E-state index contributed by atoms with van der Waals surface area (Å²) in [6.07, 6.45) is 1.56. The van der Waals surface area contributed by atoms with Crippen LogP contribution in [0.2, 0.25) is 0 Å². The van der Waals surface area contributed by atoms with E-state index in [1.165, 1.54) is 4.90 Å². The average molecular weight is 288 g/mol. The van der Waals surface area contributed by atoms with Gasteiger partial charge in [-0.1, -0.05) is 25.1 Å². The van der Waals surface area contributed by atoms with Crippen LogP contribution in [-0.2, 0) is 11.2 Å². The molecule has 1 fully saturated rings. The molecule has 3 rings (SSSR count). The fourth-order valence-corrected chi connectivity index (χ4v) is 3.42. The van der Waals surface area contributed by atoms with Crippen molar-refractivity contribution in [1.29, 1.82) is 0 Å². The van der Waals surface area contributed by atoms with Gasteiger partial charge in [-0.15, -0.1) is 0 Å². The molecule has 112 valence electrons. The van der Waals surface area contributed by atoms with Crippen molar-refractivity contribution in [3.05, 3.63) is 29.8 Å². The predicted octanol–water partition coefficient (Wildman–Crippen LogP) is 2.35. The summed E-state index contributed by atoms with van der Waals surface area (Å²) < 4.78 is 0. The van der Waals surface area contributed by atoms with Gasteiger partial charge in [0.05, 0.1) is 5.69 Å². The van der Waals surface area contributed by atoms with Crippen LogP contribution in [-0.4, -0.2) is 41.1 Å². The van der Waals surface area contributed by atoms with E-state index in [2.05, 4.69) is 6.92 Å². The second-order valence-corrected chi connectivity index (χ2v) is 6.03. The summed E-state index contributed by atoms with van der Waals surface area (Å²) in [5.41, 5.74) is 1.58. The summed E-state index contributed by atoms with van der Waals surface area (Å²) in [7, 11) is 0. The van der Waals surface area contributed by atoms with Crippen molar-refractivity contribution in [2.24, 2.45) is 5.92 Å². The van der Waals surface area contributed by atoms with Crippen LogP contribution in [0.15, 0.2) is 24.3 Å². The average Bonchev–Trinajstić information content (AvgIpc) is 2.85. The van der Waals surface area contributed by atoms with Crippen molar-refractivity contribution < 1.29 is 14.7 Å². The first-order valence-electron chi connectivity index (χ1n) is 7.47. The molecule has 0 bridgehead atoms. The van der Waals surface area contributed by atoms with Crippen LogP contribution in [0.4, 0.5) is 10.5 Å². The minimum absolute atomic E-state index is 0.0554. The van der Waals surface area contributed by atoms with E-state index in [-0.39, 0.29) is 5.91 Å². The molecule has 2 aliphatic rings. The van der Waals surface area contributed by atoms with Crippen molar-refractivity contribution in [3.8, 4) is 0 Å². The molecule has 0 saturated carbocycles. The third-order valence-corrected chi connectivity index (χ3v) is 4.44. The molecule has 1 saturated heterocycles. The normalized spacial score (nSPS) is 24.8. The maximum atomic E-state index is 12.8. The minimum atomic E-state index is -1.05. The van der Waals surface area contributed by atoms with Gasteiger partial charge in [0.2, 0.25) is 5.91 Å². The first kappa shape index (κ1) is 13.9. The molecule has 21 heavy (non-hydrogen) atoms. The van der Waals surface area contributed by atoms with Crippen LogP contribution in [0.1, 0.15) is 25.3 Å². The van der Waals surface area contributed by atoms with Crippen molar-refractivity contribution in [2.45, 2.75) is 32.2 Å². The van der Waals surface area contributed by atoms with Crippen LogP contribution in [0.25, 0.3) is 0 Å². The van der Waals surface area contributed by atoms with Gasteiger partial charge in [0, 0.05) is 19.5 Å². The molecule has 0 radical (unpaired) electrons. The number of amides is 2. The van der Waals surface area contributed by atoms with E-state index in [0.29, 0.717) is 18.0 Å². The highest BCUT2D eigenvalue weighted by Crippen LogP contribution is 2.33. The Morgan fingerprint density at radius 2 is 2.05 bits per heavy atom. The lowest BCUT2D eigenvalue weighted by molar-refractivity contribution is -0.134. The van der Waals surface area contributed by atoms with Gasteiger partial charge in [-0.05, 0) is 30.4 Å². The predicted molar refractivity (Wildman–Crippen MR) is 79.4 cm³/mol. The van der Waals surface area contributed by atoms with Crippen LogP contribution in [0.5, 0.6) is 0 Å². The number of carboxylic acid groups (broad SMARTS) is 1. The lowest BCUT2D eigenvalue weighted by atomic mass is 9.99. The Kier molecular flexibility index (Phi) is 3.57. The molecule has 0 spiro atoms. The molecule has 0 aromatic heterocycles. The zero-order chi connectivity index (χ0) is 15.0. The van der Waals surface area contributed by atoms with Gasteiger partial charge < -0.3 is 10.0 Å². The molecule has 1 aromatic rings. The monoisotopic (exact) mass is 288 g/mol. The molecule has 2 amide bonds. The number of carbonyl (C=O) groups is 2. The Balaban J connectivity index is 1.85. The van der Waals surface area contributed by atoms with Gasteiger partial charge in [0.1, 0.15) is 6.04 Å². The summed E-state index contributed by atoms with van der Waals surface area (Å²) in [4.78, 5) is 27.4. The lowest BCUT2D eigenvalue weighted by Gasteiger charge is -2.34. The maximum Gasteiger partial charge on any atom is 0.412 e. The van der Waals surface area contributed by atoms with Gasteiger partial charge >= 0.3 is 6.09 Å². The summed E-state index contributed by atoms with van der Waals surface area (Å²) in [5.74, 6) is 0.435. The number of benzene rings is 1. The molecule has 2 heterocycles. The highest BCUT2D eigenvalue weighted by atomic mass is 16.4. The number of para-hydroxylation sites is 1. The van der Waals surface area contributed by atoms with E-state index < -0.39 is 12.1 Å². The van der Waals surface area contributed by atoms with E-state index in [9.17, 15) is 14.7 Å². The largest absolute Gasteiger partial charge is 0.465 e. The quantitative estimate of drug-likeness (QED) is 0.863. The minimum Gasteiger partial charge on any atom is -0.465 e. The highest BCUT2D eigenvalue weighted by molar-refractivity contribution is 5.99. The summed E-state index contributed by atoms with van der Waals surface area (Å²) >= 11 is 0. The van der Waals surface area contributed by atoms with Crippen molar-refractivity contribution in [2.75, 3.05) is 18.0 Å². The van der Waals surface area contributed by atoms with Crippen LogP contribution in [0.3, 0.4) is 0 Å². The molecule has 1 N–H and O–H groups in total. The molecule has 5 nitrogen and oxygen atoms in total. The van der Waals surface area contributed by atoms with Crippen LogP contribution in [0, 0.1) is 5.92 Å². The number of fused-ring (bicyclic) bond motifs is 1. The highest BCUT2D eigenvalue weighted by Gasteiger charge is 2.40. The van der Waals surface area contributed by atoms with E-state index in [1.807, 2.05) is 23.1 Å². The van der Waals surface area contributed by atoms with Gasteiger partial charge in [-0.2, -0.15) is 0 Å². The molecule has 5 heteroatoms.